The van der Waals surface area contributed by atoms with E-state index in [-0.39, 0.29) is 16.7 Å². The predicted molar refractivity (Wildman–Crippen MR) is 64.5 cm³/mol. The lowest BCUT2D eigenvalue weighted by Gasteiger charge is -2.28. The van der Waals surface area contributed by atoms with E-state index >= 15 is 0 Å². The summed E-state index contributed by atoms with van der Waals surface area (Å²) in [6, 6.07) is 0. The average Bonchev–Trinajstić information content (AvgIpc) is 2.14. The van der Waals surface area contributed by atoms with E-state index < -0.39 is 0 Å². The molecular formula is C12H26N2O. The van der Waals surface area contributed by atoms with Crippen molar-refractivity contribution in [2.24, 2.45) is 16.6 Å². The largest absolute Gasteiger partial charge is 0.355 e. The Bertz CT molecular complexity index is 210. The fourth-order valence-electron chi connectivity index (χ4n) is 1.20. The molecule has 0 saturated heterocycles. The van der Waals surface area contributed by atoms with Crippen LogP contribution in [0.4, 0.5) is 0 Å². The maximum atomic E-state index is 11.8. The van der Waals surface area contributed by atoms with E-state index in [2.05, 4.69) is 19.2 Å². The van der Waals surface area contributed by atoms with Gasteiger partial charge in [-0.1, -0.05) is 34.6 Å². The Hall–Kier alpha value is -0.570. The van der Waals surface area contributed by atoms with Gasteiger partial charge in [0, 0.05) is 12.0 Å². The van der Waals surface area contributed by atoms with E-state index in [9.17, 15) is 4.79 Å². The summed E-state index contributed by atoms with van der Waals surface area (Å²) >= 11 is 0. The number of hydrogen-bond donors (Lipinski definition) is 2. The van der Waals surface area contributed by atoms with Crippen molar-refractivity contribution in [1.29, 1.82) is 0 Å². The lowest BCUT2D eigenvalue weighted by Crippen LogP contribution is -2.41. The van der Waals surface area contributed by atoms with E-state index in [1.165, 1.54) is 0 Å². The van der Waals surface area contributed by atoms with E-state index in [4.69, 9.17) is 5.73 Å². The molecule has 0 unspecified atom stereocenters. The smallest absolute Gasteiger partial charge is 0.225 e. The summed E-state index contributed by atoms with van der Waals surface area (Å²) < 4.78 is 0. The summed E-state index contributed by atoms with van der Waals surface area (Å²) in [4.78, 5) is 11.8. The monoisotopic (exact) mass is 214 g/mol. The highest BCUT2D eigenvalue weighted by molar-refractivity contribution is 5.81. The Morgan fingerprint density at radius 3 is 2.20 bits per heavy atom. The second-order valence-electron chi connectivity index (χ2n) is 5.62. The minimum atomic E-state index is -0.265. The normalized spacial score (nSPS) is 12.7. The zero-order chi connectivity index (χ0) is 12.1. The van der Waals surface area contributed by atoms with Crippen molar-refractivity contribution in [3.05, 3.63) is 0 Å². The highest BCUT2D eigenvalue weighted by Crippen LogP contribution is 2.22. The molecule has 0 heterocycles. The molecule has 0 bridgehead atoms. The molecule has 0 aliphatic rings. The first-order valence-corrected chi connectivity index (χ1v) is 5.73. The van der Waals surface area contributed by atoms with Crippen LogP contribution in [0.1, 0.15) is 47.5 Å². The van der Waals surface area contributed by atoms with Crippen molar-refractivity contribution in [1.82, 2.24) is 5.32 Å². The molecule has 3 nitrogen and oxygen atoms in total. The maximum Gasteiger partial charge on any atom is 0.225 e. The summed E-state index contributed by atoms with van der Waals surface area (Å²) in [6.07, 6.45) is 1.79. The fraction of sp³-hybridized carbons (Fsp3) is 0.917. The summed E-state index contributed by atoms with van der Waals surface area (Å²) in [7, 11) is 0. The molecule has 0 atom stereocenters. The van der Waals surface area contributed by atoms with Crippen molar-refractivity contribution < 1.29 is 4.79 Å². The third-order valence-electron chi connectivity index (χ3n) is 3.05. The maximum absolute atomic E-state index is 11.8. The molecule has 0 fully saturated rings. The predicted octanol–water partition coefficient (Wildman–Crippen LogP) is 1.91. The number of nitrogens with one attached hydrogen (secondary N) is 1. The molecule has 1 amide bonds. The van der Waals surface area contributed by atoms with Crippen LogP contribution < -0.4 is 11.1 Å². The quantitative estimate of drug-likeness (QED) is 0.709. The molecule has 3 N–H and O–H groups in total. The average molecular weight is 214 g/mol. The molecule has 0 aromatic heterocycles. The van der Waals surface area contributed by atoms with Crippen LogP contribution in [0.5, 0.6) is 0 Å². The molecule has 0 aromatic carbocycles. The lowest BCUT2D eigenvalue weighted by molar-refractivity contribution is -0.129. The Kier molecular flexibility index (Phi) is 5.29. The number of carbonyl (C=O) groups excluding carboxylic acids is 1. The Labute approximate surface area is 93.8 Å². The van der Waals surface area contributed by atoms with Gasteiger partial charge in [-0.05, 0) is 24.8 Å². The number of hydrogen-bond acceptors (Lipinski definition) is 2. The second kappa shape index (κ2) is 5.50. The van der Waals surface area contributed by atoms with Gasteiger partial charge in [0.1, 0.15) is 0 Å². The van der Waals surface area contributed by atoms with Crippen molar-refractivity contribution in [2.45, 2.75) is 47.5 Å². The first-order chi connectivity index (χ1) is 6.75. The van der Waals surface area contributed by atoms with E-state index in [0.29, 0.717) is 13.1 Å². The zero-order valence-corrected chi connectivity index (χ0v) is 10.8. The molecule has 90 valence electrons. The Morgan fingerprint density at radius 1 is 1.27 bits per heavy atom. The minimum absolute atomic E-state index is 0.0915. The summed E-state index contributed by atoms with van der Waals surface area (Å²) in [5, 5.41) is 3.00. The van der Waals surface area contributed by atoms with Crippen molar-refractivity contribution in [3.8, 4) is 0 Å². The molecule has 0 spiro atoms. The van der Waals surface area contributed by atoms with Gasteiger partial charge in [-0.15, -0.1) is 0 Å². The van der Waals surface area contributed by atoms with Crippen molar-refractivity contribution in [3.63, 3.8) is 0 Å². The molecule has 0 saturated carbocycles. The Morgan fingerprint density at radius 2 is 1.80 bits per heavy atom. The summed E-state index contributed by atoms with van der Waals surface area (Å²) in [5.74, 6) is 0.134. The third-order valence-corrected chi connectivity index (χ3v) is 3.05. The van der Waals surface area contributed by atoms with Crippen LogP contribution >= 0.6 is 0 Å². The van der Waals surface area contributed by atoms with Crippen molar-refractivity contribution in [2.75, 3.05) is 13.1 Å². The van der Waals surface area contributed by atoms with E-state index in [1.54, 1.807) is 0 Å². The standard InChI is InChI=1S/C12H26N2O/c1-6-12(4,5)10(15)14-9-11(2,3)7-8-13/h6-9,13H2,1-5H3,(H,14,15). The van der Waals surface area contributed by atoms with Gasteiger partial charge < -0.3 is 11.1 Å². The number of carbonyl (C=O) groups is 1. The molecule has 0 radical (unpaired) electrons. The van der Waals surface area contributed by atoms with Gasteiger partial charge in [0.2, 0.25) is 5.91 Å². The van der Waals surface area contributed by atoms with Crippen molar-refractivity contribution >= 4 is 5.91 Å². The number of amides is 1. The van der Waals surface area contributed by atoms with Crippen LogP contribution in [-0.4, -0.2) is 19.0 Å². The molecule has 0 aromatic rings. The zero-order valence-electron chi connectivity index (χ0n) is 10.8. The molecular weight excluding hydrogens is 188 g/mol. The van der Waals surface area contributed by atoms with Gasteiger partial charge in [-0.25, -0.2) is 0 Å². The first-order valence-electron chi connectivity index (χ1n) is 5.73. The van der Waals surface area contributed by atoms with Gasteiger partial charge in [0.15, 0.2) is 0 Å². The molecule has 0 aliphatic heterocycles. The van der Waals surface area contributed by atoms with E-state index in [0.717, 1.165) is 12.8 Å². The topological polar surface area (TPSA) is 55.1 Å². The molecule has 15 heavy (non-hydrogen) atoms. The molecule has 3 heteroatoms. The van der Waals surface area contributed by atoms with Gasteiger partial charge in [0.05, 0.1) is 0 Å². The second-order valence-corrected chi connectivity index (χ2v) is 5.62. The van der Waals surface area contributed by atoms with Gasteiger partial charge in [-0.3, -0.25) is 4.79 Å². The van der Waals surface area contributed by atoms with Crippen LogP contribution in [0, 0.1) is 10.8 Å². The van der Waals surface area contributed by atoms with E-state index in [1.807, 2.05) is 20.8 Å². The van der Waals surface area contributed by atoms with Crippen LogP contribution in [-0.2, 0) is 4.79 Å². The van der Waals surface area contributed by atoms with Gasteiger partial charge in [0.25, 0.3) is 0 Å². The third kappa shape index (κ3) is 5.17. The summed E-state index contributed by atoms with van der Waals surface area (Å²) in [5.41, 5.74) is 5.35. The first kappa shape index (κ1) is 14.4. The van der Waals surface area contributed by atoms with Crippen LogP contribution in [0.3, 0.4) is 0 Å². The molecule has 0 aliphatic carbocycles. The minimum Gasteiger partial charge on any atom is -0.355 e. The summed E-state index contributed by atoms with van der Waals surface area (Å²) in [6.45, 7) is 11.6. The number of rotatable bonds is 6. The highest BCUT2D eigenvalue weighted by Gasteiger charge is 2.27. The Balaban J connectivity index is 4.11. The lowest BCUT2D eigenvalue weighted by atomic mass is 9.86. The molecule has 0 rings (SSSR count). The SMILES string of the molecule is CCC(C)(C)C(=O)NCC(C)(C)CCN. The van der Waals surface area contributed by atoms with Crippen LogP contribution in [0.15, 0.2) is 0 Å². The number of nitrogens with two attached hydrogens (primary N) is 1. The fourth-order valence-corrected chi connectivity index (χ4v) is 1.20. The van der Waals surface area contributed by atoms with Gasteiger partial charge in [-0.2, -0.15) is 0 Å². The highest BCUT2D eigenvalue weighted by atomic mass is 16.2. The van der Waals surface area contributed by atoms with Gasteiger partial charge >= 0.3 is 0 Å². The van der Waals surface area contributed by atoms with Crippen LogP contribution in [0.2, 0.25) is 0 Å². The van der Waals surface area contributed by atoms with Crippen LogP contribution in [0.25, 0.3) is 0 Å².